The molecule has 0 saturated heterocycles. The zero-order valence-electron chi connectivity index (χ0n) is 7.59. The van der Waals surface area contributed by atoms with E-state index in [1.807, 2.05) is 13.8 Å². The molecule has 0 aliphatic carbocycles. The summed E-state index contributed by atoms with van der Waals surface area (Å²) in [4.78, 5) is 4.10. The first kappa shape index (κ1) is 8.79. The van der Waals surface area contributed by atoms with Crippen LogP contribution >= 0.6 is 0 Å². The Kier molecular flexibility index (Phi) is 2.18. The number of aromatic nitrogens is 2. The van der Waals surface area contributed by atoms with Crippen molar-refractivity contribution >= 4 is 0 Å². The van der Waals surface area contributed by atoms with Crippen LogP contribution in [0, 0.1) is 19.3 Å². The van der Waals surface area contributed by atoms with Gasteiger partial charge in [0.25, 0.3) is 0 Å². The second-order valence-electron chi connectivity index (χ2n) is 2.98. The molecule has 0 aliphatic heterocycles. The summed E-state index contributed by atoms with van der Waals surface area (Å²) in [7, 11) is 0. The number of hydrogen-bond donors (Lipinski definition) is 0. The van der Waals surface area contributed by atoms with E-state index in [4.69, 9.17) is 10.9 Å². The van der Waals surface area contributed by atoms with Crippen LogP contribution in [0.15, 0.2) is 4.52 Å². The normalized spacial score (nSPS) is 15.2. The van der Waals surface area contributed by atoms with Crippen molar-refractivity contribution in [1.29, 1.82) is 0 Å². The molecule has 0 fully saturated rings. The Hall–Kier alpha value is -1.30. The Balaban J connectivity index is 3.05. The average Bonchev–Trinajstić information content (AvgIpc) is 2.51. The summed E-state index contributed by atoms with van der Waals surface area (Å²) in [6.07, 6.45) is 6.18. The molecular weight excluding hydrogens is 152 g/mol. The molecule has 1 aromatic rings. The summed E-state index contributed by atoms with van der Waals surface area (Å²) in [6.45, 7) is 5.69. The van der Waals surface area contributed by atoms with Gasteiger partial charge in [0.15, 0.2) is 5.82 Å². The molecule has 0 saturated carbocycles. The van der Waals surface area contributed by atoms with E-state index in [1.165, 1.54) is 0 Å². The molecule has 0 unspecified atom stereocenters. The predicted octanol–water partition coefficient (Wildman–Crippen LogP) is 1.68. The van der Waals surface area contributed by atoms with E-state index in [9.17, 15) is 0 Å². The molecule has 0 N–H and O–H groups in total. The van der Waals surface area contributed by atoms with Crippen LogP contribution in [0.25, 0.3) is 0 Å². The molecule has 1 rings (SSSR count). The molecule has 1 heterocycles. The first-order valence-electron chi connectivity index (χ1n) is 3.91. The molecule has 3 nitrogen and oxygen atoms in total. The monoisotopic (exact) mass is 164 g/mol. The lowest BCUT2D eigenvalue weighted by molar-refractivity contribution is 0.325. The molecule has 0 aromatic carbocycles. The largest absolute Gasteiger partial charge is 0.338 e. The lowest BCUT2D eigenvalue weighted by atomic mass is 9.89. The van der Waals surface area contributed by atoms with Crippen LogP contribution in [-0.2, 0) is 5.41 Å². The molecule has 0 amide bonds. The van der Waals surface area contributed by atoms with Gasteiger partial charge in [-0.2, -0.15) is 4.98 Å². The number of terminal acetylenes is 1. The quantitative estimate of drug-likeness (QED) is 0.624. The maximum Gasteiger partial charge on any atom is 0.244 e. The minimum Gasteiger partial charge on any atom is -0.338 e. The summed E-state index contributed by atoms with van der Waals surface area (Å²) in [5.74, 6) is 3.82. The Morgan fingerprint density at radius 3 is 2.67 bits per heavy atom. The molecule has 3 heteroatoms. The number of rotatable bonds is 2. The Morgan fingerprint density at radius 2 is 2.33 bits per heavy atom. The first-order chi connectivity index (χ1) is 5.62. The zero-order valence-corrected chi connectivity index (χ0v) is 7.59. The van der Waals surface area contributed by atoms with Gasteiger partial charge in [-0.25, -0.2) is 0 Å². The molecule has 1 atom stereocenters. The van der Waals surface area contributed by atoms with Gasteiger partial charge in [-0.3, -0.25) is 0 Å². The lowest BCUT2D eigenvalue weighted by Crippen LogP contribution is -2.18. The van der Waals surface area contributed by atoms with E-state index in [1.54, 1.807) is 6.92 Å². The highest BCUT2D eigenvalue weighted by Gasteiger charge is 2.28. The predicted molar refractivity (Wildman–Crippen MR) is 45.5 cm³/mol. The van der Waals surface area contributed by atoms with Gasteiger partial charge in [-0.1, -0.05) is 18.0 Å². The fourth-order valence-corrected chi connectivity index (χ4v) is 0.836. The van der Waals surface area contributed by atoms with Crippen LogP contribution in [0.1, 0.15) is 32.0 Å². The SMILES string of the molecule is C#C[C@@](C)(CC)c1nc(C)no1. The second kappa shape index (κ2) is 2.98. The average molecular weight is 164 g/mol. The minimum absolute atomic E-state index is 0.415. The van der Waals surface area contributed by atoms with Gasteiger partial charge in [-0.05, 0) is 20.3 Å². The van der Waals surface area contributed by atoms with Crippen molar-refractivity contribution in [2.45, 2.75) is 32.6 Å². The molecule has 0 radical (unpaired) electrons. The maximum atomic E-state index is 5.38. The Bertz CT molecular complexity index is 311. The van der Waals surface area contributed by atoms with Gasteiger partial charge in [0.2, 0.25) is 5.89 Å². The van der Waals surface area contributed by atoms with Crippen LogP contribution in [0.4, 0.5) is 0 Å². The van der Waals surface area contributed by atoms with Crippen LogP contribution in [0.5, 0.6) is 0 Å². The van der Waals surface area contributed by atoms with Crippen LogP contribution in [-0.4, -0.2) is 10.1 Å². The summed E-state index contributed by atoms with van der Waals surface area (Å²) >= 11 is 0. The van der Waals surface area contributed by atoms with Crippen molar-refractivity contribution in [2.75, 3.05) is 0 Å². The van der Waals surface area contributed by atoms with Crippen molar-refractivity contribution in [1.82, 2.24) is 10.1 Å². The highest BCUT2D eigenvalue weighted by atomic mass is 16.5. The van der Waals surface area contributed by atoms with Gasteiger partial charge in [-0.15, -0.1) is 6.42 Å². The molecule has 0 bridgehead atoms. The lowest BCUT2D eigenvalue weighted by Gasteiger charge is -2.14. The molecule has 64 valence electrons. The maximum absolute atomic E-state index is 5.38. The van der Waals surface area contributed by atoms with E-state index in [2.05, 4.69) is 16.1 Å². The number of hydrogen-bond acceptors (Lipinski definition) is 3. The van der Waals surface area contributed by atoms with Gasteiger partial charge >= 0.3 is 0 Å². The smallest absolute Gasteiger partial charge is 0.244 e. The Morgan fingerprint density at radius 1 is 1.67 bits per heavy atom. The summed E-state index contributed by atoms with van der Waals surface area (Å²) < 4.78 is 5.01. The van der Waals surface area contributed by atoms with Gasteiger partial charge < -0.3 is 4.52 Å². The van der Waals surface area contributed by atoms with Crippen molar-refractivity contribution in [3.8, 4) is 12.3 Å². The van der Waals surface area contributed by atoms with Crippen molar-refractivity contribution in [3.63, 3.8) is 0 Å². The highest BCUT2D eigenvalue weighted by Crippen LogP contribution is 2.24. The summed E-state index contributed by atoms with van der Waals surface area (Å²) in [5.41, 5.74) is -0.415. The second-order valence-corrected chi connectivity index (χ2v) is 2.98. The molecule has 0 spiro atoms. The van der Waals surface area contributed by atoms with Crippen LogP contribution in [0.3, 0.4) is 0 Å². The molecule has 1 aromatic heterocycles. The molecule has 12 heavy (non-hydrogen) atoms. The van der Waals surface area contributed by atoms with Crippen molar-refractivity contribution < 1.29 is 4.52 Å². The third-order valence-electron chi connectivity index (χ3n) is 2.03. The minimum atomic E-state index is -0.415. The summed E-state index contributed by atoms with van der Waals surface area (Å²) in [5, 5.41) is 3.70. The number of aryl methyl sites for hydroxylation is 1. The third kappa shape index (κ3) is 1.33. The van der Waals surface area contributed by atoms with E-state index < -0.39 is 5.41 Å². The fraction of sp³-hybridized carbons (Fsp3) is 0.556. The Labute approximate surface area is 72.2 Å². The van der Waals surface area contributed by atoms with Crippen LogP contribution < -0.4 is 0 Å². The number of nitrogens with zero attached hydrogens (tertiary/aromatic N) is 2. The molecular formula is C9H12N2O. The van der Waals surface area contributed by atoms with Crippen molar-refractivity contribution in [2.24, 2.45) is 0 Å². The van der Waals surface area contributed by atoms with Gasteiger partial charge in [0.1, 0.15) is 5.41 Å². The van der Waals surface area contributed by atoms with Crippen molar-refractivity contribution in [3.05, 3.63) is 11.7 Å². The standard InChI is InChI=1S/C9H12N2O/c1-5-9(4,6-2)8-10-7(3)11-12-8/h1H,6H2,2-4H3/t9-/m0/s1. The zero-order chi connectivity index (χ0) is 9.19. The van der Waals surface area contributed by atoms with E-state index in [-0.39, 0.29) is 0 Å². The van der Waals surface area contributed by atoms with E-state index in [0.29, 0.717) is 11.7 Å². The van der Waals surface area contributed by atoms with E-state index in [0.717, 1.165) is 6.42 Å². The highest BCUT2D eigenvalue weighted by molar-refractivity contribution is 5.19. The molecule has 0 aliphatic rings. The third-order valence-corrected chi connectivity index (χ3v) is 2.03. The fourth-order valence-electron chi connectivity index (χ4n) is 0.836. The van der Waals surface area contributed by atoms with Gasteiger partial charge in [0, 0.05) is 0 Å². The van der Waals surface area contributed by atoms with Gasteiger partial charge in [0.05, 0.1) is 0 Å². The van der Waals surface area contributed by atoms with Crippen LogP contribution in [0.2, 0.25) is 0 Å². The summed E-state index contributed by atoms with van der Waals surface area (Å²) in [6, 6.07) is 0. The van der Waals surface area contributed by atoms with E-state index >= 15 is 0 Å². The topological polar surface area (TPSA) is 38.9 Å². The first-order valence-corrected chi connectivity index (χ1v) is 3.91.